The number of rotatable bonds is 2. The van der Waals surface area contributed by atoms with Gasteiger partial charge in [0.1, 0.15) is 11.5 Å². The molecule has 0 radical (unpaired) electrons. The fraction of sp³-hybridized carbons (Fsp3) is 0. The summed E-state index contributed by atoms with van der Waals surface area (Å²) in [5.41, 5.74) is 6.88. The van der Waals surface area contributed by atoms with Gasteiger partial charge in [0.15, 0.2) is 0 Å². The molecule has 0 aliphatic carbocycles. The number of hydrogen-bond acceptors (Lipinski definition) is 3. The highest BCUT2D eigenvalue weighted by atomic mass is 16.5. The molecular weight excluding hydrogens is 200 g/mol. The van der Waals surface area contributed by atoms with Crippen molar-refractivity contribution in [2.75, 3.05) is 5.73 Å². The number of ether oxygens (including phenoxy) is 1. The molecule has 16 heavy (non-hydrogen) atoms. The monoisotopic (exact) mass is 210 g/mol. The Hall–Kier alpha value is -2.47. The van der Waals surface area contributed by atoms with Crippen LogP contribution < -0.4 is 10.5 Å². The smallest absolute Gasteiger partial charge is 0.150 e. The van der Waals surface area contributed by atoms with Crippen molar-refractivity contribution in [2.45, 2.75) is 0 Å². The number of nitrogen functional groups attached to an aromatic ring is 1. The average Bonchev–Trinajstić information content (AvgIpc) is 2.32. The molecule has 2 N–H and O–H groups in total. The summed E-state index contributed by atoms with van der Waals surface area (Å²) < 4.78 is 5.58. The van der Waals surface area contributed by atoms with Crippen LogP contribution in [0.5, 0.6) is 11.5 Å². The molecule has 0 atom stereocenters. The van der Waals surface area contributed by atoms with Crippen molar-refractivity contribution >= 4 is 5.69 Å². The second kappa shape index (κ2) is 4.37. The molecule has 0 spiro atoms. The highest BCUT2D eigenvalue weighted by Crippen LogP contribution is 2.26. The minimum atomic E-state index is 0.562. The van der Waals surface area contributed by atoms with E-state index in [2.05, 4.69) is 6.07 Å². The molecule has 0 saturated carbocycles. The van der Waals surface area contributed by atoms with Crippen LogP contribution in [-0.2, 0) is 0 Å². The lowest BCUT2D eigenvalue weighted by Crippen LogP contribution is -1.91. The van der Waals surface area contributed by atoms with Gasteiger partial charge in [0.25, 0.3) is 0 Å². The zero-order valence-electron chi connectivity index (χ0n) is 8.55. The van der Waals surface area contributed by atoms with Crippen molar-refractivity contribution < 1.29 is 4.74 Å². The lowest BCUT2D eigenvalue weighted by Gasteiger charge is -2.07. The van der Waals surface area contributed by atoms with Gasteiger partial charge < -0.3 is 10.5 Å². The van der Waals surface area contributed by atoms with E-state index in [1.807, 2.05) is 12.1 Å². The topological polar surface area (TPSA) is 59.0 Å². The zero-order valence-corrected chi connectivity index (χ0v) is 8.55. The Morgan fingerprint density at radius 1 is 1.06 bits per heavy atom. The molecule has 2 rings (SSSR count). The predicted molar refractivity (Wildman–Crippen MR) is 62.1 cm³/mol. The van der Waals surface area contributed by atoms with E-state index in [0.717, 1.165) is 0 Å². The van der Waals surface area contributed by atoms with E-state index in [1.165, 1.54) is 0 Å². The maximum Gasteiger partial charge on any atom is 0.150 e. The van der Waals surface area contributed by atoms with E-state index < -0.39 is 0 Å². The minimum Gasteiger partial charge on any atom is -0.455 e. The molecule has 0 saturated heterocycles. The van der Waals surface area contributed by atoms with Gasteiger partial charge in [0, 0.05) is 0 Å². The predicted octanol–water partition coefficient (Wildman–Crippen LogP) is 2.93. The molecule has 3 nitrogen and oxygen atoms in total. The Labute approximate surface area is 93.7 Å². The van der Waals surface area contributed by atoms with E-state index in [1.54, 1.807) is 36.4 Å². The van der Waals surface area contributed by atoms with Gasteiger partial charge in [0.05, 0.1) is 17.3 Å². The van der Waals surface area contributed by atoms with Crippen LogP contribution >= 0.6 is 0 Å². The first-order valence-corrected chi connectivity index (χ1v) is 4.82. The van der Waals surface area contributed by atoms with Crippen molar-refractivity contribution in [2.24, 2.45) is 0 Å². The molecular formula is C13H10N2O. The van der Waals surface area contributed by atoms with Crippen LogP contribution in [0.2, 0.25) is 0 Å². The summed E-state index contributed by atoms with van der Waals surface area (Å²) in [6.45, 7) is 0. The van der Waals surface area contributed by atoms with E-state index in [-0.39, 0.29) is 0 Å². The highest BCUT2D eigenvalue weighted by molar-refractivity contribution is 5.53. The van der Waals surface area contributed by atoms with Crippen molar-refractivity contribution in [1.82, 2.24) is 0 Å². The molecule has 0 aliphatic rings. The number of benzene rings is 2. The SMILES string of the molecule is N#Cc1cccc(Oc2ccccc2N)c1. The summed E-state index contributed by atoms with van der Waals surface area (Å²) in [7, 11) is 0. The number of hydrogen-bond donors (Lipinski definition) is 1. The molecule has 2 aromatic carbocycles. The van der Waals surface area contributed by atoms with Crippen molar-refractivity contribution in [3.05, 3.63) is 54.1 Å². The molecule has 78 valence electrons. The third-order valence-corrected chi connectivity index (χ3v) is 2.11. The van der Waals surface area contributed by atoms with Crippen LogP contribution in [-0.4, -0.2) is 0 Å². The van der Waals surface area contributed by atoms with E-state index in [0.29, 0.717) is 22.7 Å². The molecule has 3 heteroatoms. The molecule has 0 aromatic heterocycles. The summed E-state index contributed by atoms with van der Waals surface area (Å²) in [5, 5.41) is 8.75. The lowest BCUT2D eigenvalue weighted by molar-refractivity contribution is 0.485. The van der Waals surface area contributed by atoms with Crippen LogP contribution in [0.4, 0.5) is 5.69 Å². The summed E-state index contributed by atoms with van der Waals surface area (Å²) >= 11 is 0. The Kier molecular flexibility index (Phi) is 2.75. The van der Waals surface area contributed by atoms with Crippen molar-refractivity contribution in [1.29, 1.82) is 5.26 Å². The van der Waals surface area contributed by atoms with Gasteiger partial charge in [-0.05, 0) is 30.3 Å². The van der Waals surface area contributed by atoms with Crippen LogP contribution in [0.25, 0.3) is 0 Å². The Morgan fingerprint density at radius 3 is 2.62 bits per heavy atom. The number of anilines is 1. The molecule has 0 unspecified atom stereocenters. The highest BCUT2D eigenvalue weighted by Gasteiger charge is 2.01. The van der Waals surface area contributed by atoms with Gasteiger partial charge in [-0.2, -0.15) is 5.26 Å². The second-order valence-corrected chi connectivity index (χ2v) is 3.28. The summed E-state index contributed by atoms with van der Waals surface area (Å²) in [4.78, 5) is 0. The van der Waals surface area contributed by atoms with E-state index in [9.17, 15) is 0 Å². The summed E-state index contributed by atoms with van der Waals surface area (Å²) in [6.07, 6.45) is 0. The van der Waals surface area contributed by atoms with E-state index >= 15 is 0 Å². The van der Waals surface area contributed by atoms with Gasteiger partial charge in [0.2, 0.25) is 0 Å². The standard InChI is InChI=1S/C13H10N2O/c14-9-10-4-3-5-11(8-10)16-13-7-2-1-6-12(13)15/h1-8H,15H2. The average molecular weight is 210 g/mol. The van der Waals surface area contributed by atoms with Crippen molar-refractivity contribution in [3.8, 4) is 17.6 Å². The van der Waals surface area contributed by atoms with Gasteiger partial charge >= 0.3 is 0 Å². The fourth-order valence-corrected chi connectivity index (χ4v) is 1.33. The van der Waals surface area contributed by atoms with Gasteiger partial charge in [-0.25, -0.2) is 0 Å². The Bertz CT molecular complexity index is 544. The zero-order chi connectivity index (χ0) is 11.4. The minimum absolute atomic E-state index is 0.562. The van der Waals surface area contributed by atoms with E-state index in [4.69, 9.17) is 15.7 Å². The Morgan fingerprint density at radius 2 is 1.88 bits per heavy atom. The second-order valence-electron chi connectivity index (χ2n) is 3.28. The number of para-hydroxylation sites is 2. The quantitative estimate of drug-likeness (QED) is 0.775. The molecule has 0 heterocycles. The first kappa shape index (κ1) is 10.1. The number of nitrogens with two attached hydrogens (primary N) is 1. The third kappa shape index (κ3) is 2.12. The fourth-order valence-electron chi connectivity index (χ4n) is 1.33. The molecule has 0 aliphatic heterocycles. The Balaban J connectivity index is 2.28. The first-order chi connectivity index (χ1) is 7.79. The number of nitriles is 1. The van der Waals surface area contributed by atoms with Crippen LogP contribution in [0.15, 0.2) is 48.5 Å². The molecule has 0 bridgehead atoms. The van der Waals surface area contributed by atoms with Crippen LogP contribution in [0, 0.1) is 11.3 Å². The summed E-state index contributed by atoms with van der Waals surface area (Å²) in [6, 6.07) is 16.3. The van der Waals surface area contributed by atoms with Gasteiger partial charge in [-0.3, -0.25) is 0 Å². The molecule has 0 amide bonds. The molecule has 0 fully saturated rings. The number of nitrogens with zero attached hydrogens (tertiary/aromatic N) is 1. The molecule has 2 aromatic rings. The van der Waals surface area contributed by atoms with Crippen molar-refractivity contribution in [3.63, 3.8) is 0 Å². The van der Waals surface area contributed by atoms with Gasteiger partial charge in [-0.15, -0.1) is 0 Å². The normalized spacial score (nSPS) is 9.44. The first-order valence-electron chi connectivity index (χ1n) is 4.82. The van der Waals surface area contributed by atoms with Gasteiger partial charge in [-0.1, -0.05) is 18.2 Å². The van der Waals surface area contributed by atoms with Crippen LogP contribution in [0.1, 0.15) is 5.56 Å². The maximum absolute atomic E-state index is 8.75. The third-order valence-electron chi connectivity index (χ3n) is 2.11. The van der Waals surface area contributed by atoms with Crippen LogP contribution in [0.3, 0.4) is 0 Å². The lowest BCUT2D eigenvalue weighted by atomic mass is 10.2. The maximum atomic E-state index is 8.75. The summed E-state index contributed by atoms with van der Waals surface area (Å²) in [5.74, 6) is 1.20. The largest absolute Gasteiger partial charge is 0.455 e.